The molecular weight excluding hydrogens is 354 g/mol. The Balaban J connectivity index is 2.24. The normalized spacial score (nSPS) is 13.0. The Labute approximate surface area is 126 Å². The number of nitrogens with two attached hydrogens (primary N) is 1. The number of rotatable bonds is 3. The molecule has 0 aliphatic rings. The van der Waals surface area contributed by atoms with Crippen molar-refractivity contribution in [2.75, 3.05) is 0 Å². The van der Waals surface area contributed by atoms with Crippen LogP contribution in [0.15, 0.2) is 46.9 Å². The Kier molecular flexibility index (Phi) is 4.53. The molecule has 0 spiro atoms. The standard InChI is InChI=1S/C14H10BrF4NO/c15-11-3-1-2-10(12(11)16)13(20)8-4-6-9(7-5-8)21-14(17,18)19/h1-7,13H,20H2/t13-/m0/s1. The number of hydrogen-bond donors (Lipinski definition) is 1. The van der Waals surface area contributed by atoms with Gasteiger partial charge < -0.3 is 10.5 Å². The Morgan fingerprint density at radius 1 is 1.05 bits per heavy atom. The lowest BCUT2D eigenvalue weighted by molar-refractivity contribution is -0.274. The van der Waals surface area contributed by atoms with E-state index in [2.05, 4.69) is 20.7 Å². The third-order valence-corrected chi connectivity index (χ3v) is 3.40. The van der Waals surface area contributed by atoms with Gasteiger partial charge in [-0.25, -0.2) is 4.39 Å². The molecule has 21 heavy (non-hydrogen) atoms. The van der Waals surface area contributed by atoms with Crippen molar-refractivity contribution in [3.8, 4) is 5.75 Å². The second-order valence-corrected chi connectivity index (χ2v) is 5.09. The van der Waals surface area contributed by atoms with Crippen molar-refractivity contribution in [1.29, 1.82) is 0 Å². The lowest BCUT2D eigenvalue weighted by atomic mass is 9.99. The molecule has 0 unspecified atom stereocenters. The molecule has 0 aliphatic heterocycles. The van der Waals surface area contributed by atoms with Crippen LogP contribution in [0.4, 0.5) is 17.6 Å². The minimum absolute atomic E-state index is 0.244. The quantitative estimate of drug-likeness (QED) is 0.812. The van der Waals surface area contributed by atoms with Crippen molar-refractivity contribution < 1.29 is 22.3 Å². The molecule has 0 amide bonds. The molecule has 0 heterocycles. The highest BCUT2D eigenvalue weighted by Crippen LogP contribution is 2.29. The fourth-order valence-corrected chi connectivity index (χ4v) is 2.20. The van der Waals surface area contributed by atoms with Gasteiger partial charge in [-0.2, -0.15) is 0 Å². The highest BCUT2D eigenvalue weighted by molar-refractivity contribution is 9.10. The molecule has 0 radical (unpaired) electrons. The summed E-state index contributed by atoms with van der Waals surface area (Å²) in [5, 5.41) is 0. The van der Waals surface area contributed by atoms with E-state index in [1.165, 1.54) is 24.3 Å². The van der Waals surface area contributed by atoms with E-state index in [-0.39, 0.29) is 15.8 Å². The highest BCUT2D eigenvalue weighted by atomic mass is 79.9. The second kappa shape index (κ2) is 6.03. The van der Waals surface area contributed by atoms with E-state index < -0.39 is 18.2 Å². The fourth-order valence-electron chi connectivity index (χ4n) is 1.82. The number of halogens is 5. The zero-order valence-corrected chi connectivity index (χ0v) is 12.1. The largest absolute Gasteiger partial charge is 0.573 e. The molecule has 0 aliphatic carbocycles. The van der Waals surface area contributed by atoms with Gasteiger partial charge in [0.2, 0.25) is 0 Å². The van der Waals surface area contributed by atoms with Gasteiger partial charge in [-0.05, 0) is 39.7 Å². The Bertz CT molecular complexity index is 628. The first-order valence-corrected chi connectivity index (χ1v) is 6.62. The summed E-state index contributed by atoms with van der Waals surface area (Å²) in [7, 11) is 0. The SMILES string of the molecule is N[C@@H](c1ccc(OC(F)(F)F)cc1)c1cccc(Br)c1F. The third-order valence-electron chi connectivity index (χ3n) is 2.79. The first-order valence-electron chi connectivity index (χ1n) is 5.83. The summed E-state index contributed by atoms with van der Waals surface area (Å²) in [5.41, 5.74) is 6.66. The molecule has 0 saturated carbocycles. The second-order valence-electron chi connectivity index (χ2n) is 4.24. The van der Waals surface area contributed by atoms with E-state index in [1.54, 1.807) is 6.07 Å². The minimum Gasteiger partial charge on any atom is -0.406 e. The molecule has 0 aromatic heterocycles. The summed E-state index contributed by atoms with van der Waals surface area (Å²) in [4.78, 5) is 0. The molecule has 0 saturated heterocycles. The van der Waals surface area contributed by atoms with Crippen molar-refractivity contribution in [3.63, 3.8) is 0 Å². The van der Waals surface area contributed by atoms with Gasteiger partial charge in [0, 0.05) is 5.56 Å². The van der Waals surface area contributed by atoms with E-state index in [0.717, 1.165) is 12.1 Å². The number of hydrogen-bond acceptors (Lipinski definition) is 2. The van der Waals surface area contributed by atoms with Crippen LogP contribution in [0.25, 0.3) is 0 Å². The number of benzene rings is 2. The molecule has 0 bridgehead atoms. The zero-order valence-electron chi connectivity index (χ0n) is 10.5. The van der Waals surface area contributed by atoms with Crippen LogP contribution in [0.3, 0.4) is 0 Å². The lowest BCUT2D eigenvalue weighted by Gasteiger charge is -2.15. The Hall–Kier alpha value is -1.60. The molecule has 2 N–H and O–H groups in total. The van der Waals surface area contributed by atoms with Crippen molar-refractivity contribution in [2.45, 2.75) is 12.4 Å². The summed E-state index contributed by atoms with van der Waals surface area (Å²) in [5.74, 6) is -0.853. The first kappa shape index (κ1) is 15.8. The van der Waals surface area contributed by atoms with Crippen LogP contribution in [0.5, 0.6) is 5.75 Å². The molecule has 1 atom stereocenters. The van der Waals surface area contributed by atoms with Crippen LogP contribution >= 0.6 is 15.9 Å². The van der Waals surface area contributed by atoms with Crippen LogP contribution in [0.2, 0.25) is 0 Å². The molecule has 0 fully saturated rings. The van der Waals surface area contributed by atoms with Crippen molar-refractivity contribution in [1.82, 2.24) is 0 Å². The maximum absolute atomic E-state index is 13.9. The molecule has 2 nitrogen and oxygen atoms in total. The average molecular weight is 364 g/mol. The summed E-state index contributed by atoms with van der Waals surface area (Å²) in [6.45, 7) is 0. The molecular formula is C14H10BrF4NO. The van der Waals surface area contributed by atoms with E-state index in [9.17, 15) is 17.6 Å². The van der Waals surface area contributed by atoms with Crippen LogP contribution in [-0.2, 0) is 0 Å². The molecule has 112 valence electrons. The van der Waals surface area contributed by atoms with E-state index in [1.807, 2.05) is 0 Å². The Morgan fingerprint density at radius 3 is 2.24 bits per heavy atom. The van der Waals surface area contributed by atoms with Gasteiger partial charge >= 0.3 is 6.36 Å². The minimum atomic E-state index is -4.75. The monoisotopic (exact) mass is 363 g/mol. The predicted octanol–water partition coefficient (Wildman–Crippen LogP) is 4.53. The summed E-state index contributed by atoms with van der Waals surface area (Å²) in [6, 6.07) is 8.90. The zero-order chi connectivity index (χ0) is 15.6. The molecule has 2 aromatic rings. The van der Waals surface area contributed by atoms with E-state index >= 15 is 0 Å². The average Bonchev–Trinajstić information content (AvgIpc) is 2.40. The van der Waals surface area contributed by atoms with Crippen molar-refractivity contribution in [3.05, 3.63) is 63.9 Å². The van der Waals surface area contributed by atoms with Crippen LogP contribution in [0, 0.1) is 5.82 Å². The summed E-state index contributed by atoms with van der Waals surface area (Å²) < 4.78 is 54.2. The van der Waals surface area contributed by atoms with Gasteiger partial charge in [-0.3, -0.25) is 0 Å². The molecule has 2 aromatic carbocycles. The molecule has 2 rings (SSSR count). The topological polar surface area (TPSA) is 35.2 Å². The Morgan fingerprint density at radius 2 is 1.67 bits per heavy atom. The van der Waals surface area contributed by atoms with Crippen molar-refractivity contribution >= 4 is 15.9 Å². The van der Waals surface area contributed by atoms with Crippen molar-refractivity contribution in [2.24, 2.45) is 5.73 Å². The summed E-state index contributed by atoms with van der Waals surface area (Å²) >= 11 is 3.06. The molecule has 7 heteroatoms. The van der Waals surface area contributed by atoms with Gasteiger partial charge in [0.25, 0.3) is 0 Å². The highest BCUT2D eigenvalue weighted by Gasteiger charge is 2.31. The third kappa shape index (κ3) is 3.95. The smallest absolute Gasteiger partial charge is 0.406 e. The van der Waals surface area contributed by atoms with Gasteiger partial charge in [-0.15, -0.1) is 13.2 Å². The van der Waals surface area contributed by atoms with Gasteiger partial charge in [0.05, 0.1) is 10.5 Å². The lowest BCUT2D eigenvalue weighted by Crippen LogP contribution is -2.17. The van der Waals surface area contributed by atoms with Gasteiger partial charge in [0.1, 0.15) is 11.6 Å². The first-order chi connectivity index (χ1) is 9.78. The number of ether oxygens (including phenoxy) is 1. The van der Waals surface area contributed by atoms with Gasteiger partial charge in [-0.1, -0.05) is 24.3 Å². The number of alkyl halides is 3. The van der Waals surface area contributed by atoms with Crippen LogP contribution in [-0.4, -0.2) is 6.36 Å². The predicted molar refractivity (Wildman–Crippen MR) is 73.3 cm³/mol. The maximum Gasteiger partial charge on any atom is 0.573 e. The van der Waals surface area contributed by atoms with Crippen LogP contribution in [0.1, 0.15) is 17.2 Å². The van der Waals surface area contributed by atoms with Crippen LogP contribution < -0.4 is 10.5 Å². The fraction of sp³-hybridized carbons (Fsp3) is 0.143. The van der Waals surface area contributed by atoms with Gasteiger partial charge in [0.15, 0.2) is 0 Å². The maximum atomic E-state index is 13.9. The summed E-state index contributed by atoms with van der Waals surface area (Å²) in [6.07, 6.45) is -4.75. The van der Waals surface area contributed by atoms with E-state index in [4.69, 9.17) is 5.73 Å². The van der Waals surface area contributed by atoms with E-state index in [0.29, 0.717) is 5.56 Å².